The van der Waals surface area contributed by atoms with E-state index >= 15 is 0 Å². The molecule has 0 saturated carbocycles. The molecule has 4 heterocycles. The van der Waals surface area contributed by atoms with Crippen LogP contribution in [0.2, 0.25) is 0 Å². The highest BCUT2D eigenvalue weighted by atomic mass is 35.5. The fourth-order valence-electron chi connectivity index (χ4n) is 4.65. The third-order valence-corrected chi connectivity index (χ3v) is 8.24. The zero-order chi connectivity index (χ0) is 21.3. The number of furan rings is 1. The largest absolute Gasteiger partial charge is 0.443 e. The first kappa shape index (κ1) is 24.0. The number of aromatic amines is 1. The number of aryl methyl sites for hydroxylation is 2. The summed E-state index contributed by atoms with van der Waals surface area (Å²) in [6, 6.07) is 5.47. The minimum atomic E-state index is -3.66. The lowest BCUT2D eigenvalue weighted by Crippen LogP contribution is -2.48. The Labute approximate surface area is 190 Å². The first-order valence-corrected chi connectivity index (χ1v) is 12.4. The van der Waals surface area contributed by atoms with Gasteiger partial charge in [0.2, 0.25) is 5.09 Å². The fraction of sp³-hybridized carbons (Fsp3) is 0.591. The molecule has 2 fully saturated rings. The summed E-state index contributed by atoms with van der Waals surface area (Å²) in [4.78, 5) is 17.3. The van der Waals surface area contributed by atoms with Crippen LogP contribution >= 0.6 is 12.4 Å². The van der Waals surface area contributed by atoms with Gasteiger partial charge in [-0.2, -0.15) is 4.31 Å². The molecule has 0 radical (unpaired) electrons. The highest BCUT2D eigenvalue weighted by Gasteiger charge is 2.34. The molecule has 0 atom stereocenters. The molecule has 0 amide bonds. The standard InChI is InChI=1S/C22H31N3O4S.ClH/c1-3-17-15-19(16(2)23-22(17)26)20-7-8-21(29-20)30(27,28)25-13-9-18(10-14-25)24-11-5-4-6-12-24;/h7-8,15,18H,3-6,9-14H2,1-2H3,(H,23,26);1H. The van der Waals surface area contributed by atoms with Crippen molar-refractivity contribution in [2.75, 3.05) is 26.2 Å². The van der Waals surface area contributed by atoms with Gasteiger partial charge in [0.1, 0.15) is 5.76 Å². The first-order valence-electron chi connectivity index (χ1n) is 11.0. The average molecular weight is 470 g/mol. The van der Waals surface area contributed by atoms with E-state index in [4.69, 9.17) is 4.42 Å². The second-order valence-electron chi connectivity index (χ2n) is 8.37. The molecule has 2 saturated heterocycles. The molecule has 0 bridgehead atoms. The molecule has 31 heavy (non-hydrogen) atoms. The van der Waals surface area contributed by atoms with Gasteiger partial charge in [-0.25, -0.2) is 8.42 Å². The maximum absolute atomic E-state index is 13.1. The lowest BCUT2D eigenvalue weighted by atomic mass is 10.0. The summed E-state index contributed by atoms with van der Waals surface area (Å²) in [5.41, 5.74) is 1.92. The summed E-state index contributed by atoms with van der Waals surface area (Å²) in [5, 5.41) is -0.0300. The zero-order valence-corrected chi connectivity index (χ0v) is 19.9. The van der Waals surface area contributed by atoms with Crippen molar-refractivity contribution in [1.82, 2.24) is 14.2 Å². The molecule has 172 valence electrons. The van der Waals surface area contributed by atoms with Crippen LogP contribution in [-0.4, -0.2) is 54.8 Å². The third-order valence-electron chi connectivity index (χ3n) is 6.47. The molecule has 0 spiro atoms. The molecule has 2 aliphatic rings. The lowest BCUT2D eigenvalue weighted by molar-refractivity contribution is 0.117. The molecule has 4 rings (SSSR count). The minimum Gasteiger partial charge on any atom is -0.443 e. The number of pyridine rings is 1. The summed E-state index contributed by atoms with van der Waals surface area (Å²) < 4.78 is 33.6. The van der Waals surface area contributed by atoms with Crippen LogP contribution in [0.5, 0.6) is 0 Å². The van der Waals surface area contributed by atoms with Crippen LogP contribution in [0.1, 0.15) is 50.3 Å². The van der Waals surface area contributed by atoms with Crippen molar-refractivity contribution in [3.63, 3.8) is 0 Å². The van der Waals surface area contributed by atoms with Gasteiger partial charge in [0.05, 0.1) is 0 Å². The second-order valence-corrected chi connectivity index (χ2v) is 10.2. The van der Waals surface area contributed by atoms with Gasteiger partial charge >= 0.3 is 0 Å². The number of hydrogen-bond acceptors (Lipinski definition) is 5. The fourth-order valence-corrected chi connectivity index (χ4v) is 6.03. The van der Waals surface area contributed by atoms with Crippen molar-refractivity contribution < 1.29 is 12.8 Å². The van der Waals surface area contributed by atoms with Gasteiger partial charge in [0, 0.05) is 36.0 Å². The summed E-state index contributed by atoms with van der Waals surface area (Å²) in [5.74, 6) is 0.459. The van der Waals surface area contributed by atoms with Crippen molar-refractivity contribution >= 4 is 22.4 Å². The molecule has 0 unspecified atom stereocenters. The van der Waals surface area contributed by atoms with E-state index in [0.29, 0.717) is 42.6 Å². The number of piperidine rings is 2. The van der Waals surface area contributed by atoms with E-state index < -0.39 is 10.0 Å². The SMILES string of the molecule is CCc1cc(-c2ccc(S(=O)(=O)N3CCC(N4CCCCC4)CC3)o2)c(C)[nH]c1=O.Cl. The molecule has 2 aromatic rings. The Hall–Kier alpha value is -1.61. The second kappa shape index (κ2) is 9.90. The van der Waals surface area contributed by atoms with Crippen LogP contribution in [0.25, 0.3) is 11.3 Å². The number of hydrogen-bond donors (Lipinski definition) is 1. The quantitative estimate of drug-likeness (QED) is 0.723. The summed E-state index contributed by atoms with van der Waals surface area (Å²) in [6.45, 7) is 7.02. The predicted octanol–water partition coefficient (Wildman–Crippen LogP) is 3.57. The van der Waals surface area contributed by atoms with E-state index in [1.165, 1.54) is 25.3 Å². The van der Waals surface area contributed by atoms with Gasteiger partial charge in [0.15, 0.2) is 0 Å². The molecule has 0 aliphatic carbocycles. The van der Waals surface area contributed by atoms with E-state index in [1.54, 1.807) is 23.4 Å². The van der Waals surface area contributed by atoms with Gasteiger partial charge in [0.25, 0.3) is 15.6 Å². The molecule has 0 aromatic carbocycles. The number of aromatic nitrogens is 1. The Balaban J connectivity index is 0.00000272. The molecular formula is C22H32ClN3O4S. The zero-order valence-electron chi connectivity index (χ0n) is 18.2. The topological polar surface area (TPSA) is 86.6 Å². The van der Waals surface area contributed by atoms with E-state index in [0.717, 1.165) is 31.5 Å². The van der Waals surface area contributed by atoms with Crippen LogP contribution in [-0.2, 0) is 16.4 Å². The monoisotopic (exact) mass is 469 g/mol. The van der Waals surface area contributed by atoms with Crippen molar-refractivity contribution in [2.24, 2.45) is 0 Å². The van der Waals surface area contributed by atoms with E-state index in [2.05, 4.69) is 9.88 Å². The molecule has 2 aliphatic heterocycles. The Morgan fingerprint density at radius 1 is 1.10 bits per heavy atom. The van der Waals surface area contributed by atoms with Crippen LogP contribution in [0.4, 0.5) is 0 Å². The number of rotatable bonds is 5. The smallest absolute Gasteiger partial charge is 0.276 e. The molecule has 7 nitrogen and oxygen atoms in total. The Morgan fingerprint density at radius 2 is 1.77 bits per heavy atom. The highest BCUT2D eigenvalue weighted by molar-refractivity contribution is 7.89. The predicted molar refractivity (Wildman–Crippen MR) is 123 cm³/mol. The highest BCUT2D eigenvalue weighted by Crippen LogP contribution is 2.30. The van der Waals surface area contributed by atoms with Crippen molar-refractivity contribution in [1.29, 1.82) is 0 Å². The Kier molecular flexibility index (Phi) is 7.68. The number of H-pyrrole nitrogens is 1. The van der Waals surface area contributed by atoms with Crippen LogP contribution in [0, 0.1) is 6.92 Å². The van der Waals surface area contributed by atoms with Gasteiger partial charge in [-0.1, -0.05) is 13.3 Å². The van der Waals surface area contributed by atoms with Crippen LogP contribution in [0.15, 0.2) is 32.5 Å². The molecule has 1 N–H and O–H groups in total. The van der Waals surface area contributed by atoms with Gasteiger partial charge < -0.3 is 14.3 Å². The molecular weight excluding hydrogens is 438 g/mol. The van der Waals surface area contributed by atoms with Gasteiger partial charge in [-0.15, -0.1) is 12.4 Å². The first-order chi connectivity index (χ1) is 14.4. The van der Waals surface area contributed by atoms with E-state index in [1.807, 2.05) is 6.92 Å². The normalized spacial score (nSPS) is 19.3. The molecule has 2 aromatic heterocycles. The summed E-state index contributed by atoms with van der Waals surface area (Å²) in [7, 11) is -3.66. The summed E-state index contributed by atoms with van der Waals surface area (Å²) in [6.07, 6.45) is 6.13. The van der Waals surface area contributed by atoms with E-state index in [-0.39, 0.29) is 23.1 Å². The van der Waals surface area contributed by atoms with Crippen molar-refractivity contribution in [2.45, 2.75) is 63.5 Å². The number of likely N-dealkylation sites (tertiary alicyclic amines) is 1. The average Bonchev–Trinajstić information content (AvgIpc) is 3.25. The van der Waals surface area contributed by atoms with Crippen molar-refractivity contribution in [3.8, 4) is 11.3 Å². The van der Waals surface area contributed by atoms with Crippen LogP contribution < -0.4 is 5.56 Å². The summed E-state index contributed by atoms with van der Waals surface area (Å²) >= 11 is 0. The van der Waals surface area contributed by atoms with Gasteiger partial charge in [-0.3, -0.25) is 4.79 Å². The van der Waals surface area contributed by atoms with Crippen molar-refractivity contribution in [3.05, 3.63) is 39.8 Å². The number of nitrogens with zero attached hydrogens (tertiary/aromatic N) is 2. The maximum Gasteiger partial charge on any atom is 0.276 e. The molecule has 9 heteroatoms. The lowest BCUT2D eigenvalue weighted by Gasteiger charge is -2.39. The maximum atomic E-state index is 13.1. The van der Waals surface area contributed by atoms with Crippen LogP contribution in [0.3, 0.4) is 0 Å². The Bertz CT molecular complexity index is 1050. The third kappa shape index (κ3) is 4.92. The number of halogens is 1. The number of sulfonamides is 1. The minimum absolute atomic E-state index is 0. The van der Waals surface area contributed by atoms with E-state index in [9.17, 15) is 13.2 Å². The van der Waals surface area contributed by atoms with Gasteiger partial charge in [-0.05, 0) is 70.3 Å². The Morgan fingerprint density at radius 3 is 2.42 bits per heavy atom. The number of nitrogens with one attached hydrogen (secondary N) is 1.